The van der Waals surface area contributed by atoms with Crippen molar-refractivity contribution in [3.05, 3.63) is 23.5 Å². The van der Waals surface area contributed by atoms with Gasteiger partial charge in [0.2, 0.25) is 0 Å². The fraction of sp³-hybridized carbons (Fsp3) is 0.636. The smallest absolute Gasteiger partial charge is 0.0725 e. The van der Waals surface area contributed by atoms with E-state index in [1.807, 2.05) is 0 Å². The molecule has 0 unspecified atom stereocenters. The summed E-state index contributed by atoms with van der Waals surface area (Å²) in [6, 6.07) is 4.53. The Hall–Kier alpha value is -0.760. The molecule has 0 bridgehead atoms. The quantitative estimate of drug-likeness (QED) is 0.642. The Kier molecular flexibility index (Phi) is 1.95. The van der Waals surface area contributed by atoms with Gasteiger partial charge in [0.1, 0.15) is 0 Å². The molecule has 0 saturated carbocycles. The number of rotatable bonds is 0. The molecule has 0 radical (unpaired) electrons. The van der Waals surface area contributed by atoms with E-state index in [1.54, 1.807) is 0 Å². The molecule has 0 amide bonds. The van der Waals surface area contributed by atoms with Gasteiger partial charge in [-0.25, -0.2) is 0 Å². The minimum atomic E-state index is 0.261. The van der Waals surface area contributed by atoms with Crippen molar-refractivity contribution >= 4 is 0 Å². The zero-order valence-corrected chi connectivity index (χ0v) is 8.72. The number of nitrogens with one attached hydrogen (secondary N) is 1. The number of hydrogen-bond acceptors (Lipinski definition) is 1. The second-order valence-electron chi connectivity index (χ2n) is 4.80. The van der Waals surface area contributed by atoms with E-state index >= 15 is 0 Å². The van der Waals surface area contributed by atoms with E-state index in [2.05, 4.69) is 42.8 Å². The Morgan fingerprint density at radius 1 is 1.31 bits per heavy atom. The SMILES string of the molecule is CC(C)(C)c1ccc2n1CNCC2. The third-order valence-corrected chi connectivity index (χ3v) is 2.67. The summed E-state index contributed by atoms with van der Waals surface area (Å²) in [5, 5.41) is 3.40. The van der Waals surface area contributed by atoms with Gasteiger partial charge in [0.05, 0.1) is 6.67 Å². The summed E-state index contributed by atoms with van der Waals surface area (Å²) in [6.07, 6.45) is 1.16. The van der Waals surface area contributed by atoms with Crippen molar-refractivity contribution in [1.82, 2.24) is 9.88 Å². The van der Waals surface area contributed by atoms with Crippen molar-refractivity contribution in [2.45, 2.75) is 39.3 Å². The highest BCUT2D eigenvalue weighted by Crippen LogP contribution is 2.25. The molecule has 2 nitrogen and oxygen atoms in total. The largest absolute Gasteiger partial charge is 0.335 e. The fourth-order valence-corrected chi connectivity index (χ4v) is 1.98. The van der Waals surface area contributed by atoms with Gasteiger partial charge in [-0.05, 0) is 12.1 Å². The molecule has 1 aromatic heterocycles. The average molecular weight is 178 g/mol. The molecule has 0 aromatic carbocycles. The van der Waals surface area contributed by atoms with Crippen LogP contribution in [0.25, 0.3) is 0 Å². The number of nitrogens with zero attached hydrogens (tertiary/aromatic N) is 1. The Morgan fingerprint density at radius 3 is 2.77 bits per heavy atom. The first-order valence-corrected chi connectivity index (χ1v) is 4.98. The first-order valence-electron chi connectivity index (χ1n) is 4.98. The predicted molar refractivity (Wildman–Crippen MR) is 54.8 cm³/mol. The summed E-state index contributed by atoms with van der Waals surface area (Å²) < 4.78 is 2.41. The minimum absolute atomic E-state index is 0.261. The molecule has 1 aliphatic rings. The summed E-state index contributed by atoms with van der Waals surface area (Å²) in [4.78, 5) is 0. The van der Waals surface area contributed by atoms with Crippen molar-refractivity contribution in [2.75, 3.05) is 6.54 Å². The van der Waals surface area contributed by atoms with E-state index in [0.717, 1.165) is 19.6 Å². The maximum absolute atomic E-state index is 3.40. The predicted octanol–water partition coefficient (Wildman–Crippen LogP) is 1.89. The van der Waals surface area contributed by atoms with Gasteiger partial charge >= 0.3 is 0 Å². The molecule has 2 heteroatoms. The van der Waals surface area contributed by atoms with Crippen molar-refractivity contribution in [3.63, 3.8) is 0 Å². The monoisotopic (exact) mass is 178 g/mol. The van der Waals surface area contributed by atoms with Gasteiger partial charge in [-0.2, -0.15) is 0 Å². The molecular weight excluding hydrogens is 160 g/mol. The van der Waals surface area contributed by atoms with Gasteiger partial charge in [0, 0.05) is 29.8 Å². The van der Waals surface area contributed by atoms with Crippen LogP contribution >= 0.6 is 0 Å². The van der Waals surface area contributed by atoms with Crippen LogP contribution in [-0.4, -0.2) is 11.1 Å². The summed E-state index contributed by atoms with van der Waals surface area (Å²) in [6.45, 7) is 8.90. The Bertz CT molecular complexity index is 304. The highest BCUT2D eigenvalue weighted by Gasteiger charge is 2.21. The molecule has 13 heavy (non-hydrogen) atoms. The lowest BCUT2D eigenvalue weighted by Crippen LogP contribution is -2.31. The van der Waals surface area contributed by atoms with Crippen LogP contribution < -0.4 is 5.32 Å². The van der Waals surface area contributed by atoms with Gasteiger partial charge in [0.25, 0.3) is 0 Å². The zero-order chi connectivity index (χ0) is 9.47. The van der Waals surface area contributed by atoms with Gasteiger partial charge in [-0.1, -0.05) is 20.8 Å². The van der Waals surface area contributed by atoms with Crippen LogP contribution in [0.1, 0.15) is 32.2 Å². The molecule has 0 aliphatic carbocycles. The molecule has 2 rings (SSSR count). The Morgan fingerprint density at radius 2 is 2.08 bits per heavy atom. The van der Waals surface area contributed by atoms with Crippen molar-refractivity contribution in [2.24, 2.45) is 0 Å². The standard InChI is InChI=1S/C11H18N2/c1-11(2,3)10-5-4-9-6-7-12-8-13(9)10/h4-5,12H,6-8H2,1-3H3. The summed E-state index contributed by atoms with van der Waals surface area (Å²) in [5.74, 6) is 0. The van der Waals surface area contributed by atoms with E-state index in [4.69, 9.17) is 0 Å². The van der Waals surface area contributed by atoms with Gasteiger partial charge in [-0.3, -0.25) is 5.32 Å². The molecule has 0 saturated heterocycles. The lowest BCUT2D eigenvalue weighted by Gasteiger charge is -2.26. The minimum Gasteiger partial charge on any atom is -0.335 e. The Balaban J connectivity index is 2.43. The third-order valence-electron chi connectivity index (χ3n) is 2.67. The topological polar surface area (TPSA) is 17.0 Å². The lowest BCUT2D eigenvalue weighted by atomic mass is 9.92. The van der Waals surface area contributed by atoms with Crippen LogP contribution in [0.2, 0.25) is 0 Å². The van der Waals surface area contributed by atoms with Crippen LogP contribution in [0, 0.1) is 0 Å². The van der Waals surface area contributed by atoms with Crippen LogP contribution in [0.5, 0.6) is 0 Å². The first kappa shape index (κ1) is 8.82. The normalized spacial score (nSPS) is 17.2. The van der Waals surface area contributed by atoms with Gasteiger partial charge in [-0.15, -0.1) is 0 Å². The van der Waals surface area contributed by atoms with E-state index in [9.17, 15) is 0 Å². The Labute approximate surface area is 79.9 Å². The van der Waals surface area contributed by atoms with Crippen LogP contribution in [0.3, 0.4) is 0 Å². The molecule has 1 aromatic rings. The van der Waals surface area contributed by atoms with Crippen molar-refractivity contribution < 1.29 is 0 Å². The van der Waals surface area contributed by atoms with Crippen molar-refractivity contribution in [3.8, 4) is 0 Å². The van der Waals surface area contributed by atoms with E-state index in [0.29, 0.717) is 0 Å². The van der Waals surface area contributed by atoms with Gasteiger partial charge < -0.3 is 4.57 Å². The highest BCUT2D eigenvalue weighted by atomic mass is 15.2. The summed E-state index contributed by atoms with van der Waals surface area (Å²) in [5.41, 5.74) is 3.18. The van der Waals surface area contributed by atoms with Crippen molar-refractivity contribution in [1.29, 1.82) is 0 Å². The molecular formula is C11H18N2. The van der Waals surface area contributed by atoms with Gasteiger partial charge in [0.15, 0.2) is 0 Å². The second kappa shape index (κ2) is 2.88. The summed E-state index contributed by atoms with van der Waals surface area (Å²) in [7, 11) is 0. The molecule has 2 heterocycles. The number of hydrogen-bond donors (Lipinski definition) is 1. The lowest BCUT2D eigenvalue weighted by molar-refractivity contribution is 0.441. The third kappa shape index (κ3) is 1.51. The highest BCUT2D eigenvalue weighted by molar-refractivity contribution is 5.23. The van der Waals surface area contributed by atoms with Crippen LogP contribution in [-0.2, 0) is 18.5 Å². The molecule has 72 valence electrons. The molecule has 0 spiro atoms. The first-order chi connectivity index (χ1) is 6.09. The maximum Gasteiger partial charge on any atom is 0.0725 e. The molecule has 1 aliphatic heterocycles. The molecule has 0 atom stereocenters. The van der Waals surface area contributed by atoms with E-state index in [1.165, 1.54) is 11.4 Å². The molecule has 1 N–H and O–H groups in total. The van der Waals surface area contributed by atoms with E-state index < -0.39 is 0 Å². The van der Waals surface area contributed by atoms with Crippen LogP contribution in [0.15, 0.2) is 12.1 Å². The van der Waals surface area contributed by atoms with Crippen LogP contribution in [0.4, 0.5) is 0 Å². The molecule has 0 fully saturated rings. The zero-order valence-electron chi connectivity index (χ0n) is 8.72. The average Bonchev–Trinajstić information content (AvgIpc) is 2.45. The number of aromatic nitrogens is 1. The maximum atomic E-state index is 3.40. The number of fused-ring (bicyclic) bond motifs is 1. The fourth-order valence-electron chi connectivity index (χ4n) is 1.98. The second-order valence-corrected chi connectivity index (χ2v) is 4.80. The van der Waals surface area contributed by atoms with E-state index in [-0.39, 0.29) is 5.41 Å². The summed E-state index contributed by atoms with van der Waals surface area (Å²) >= 11 is 0.